The first kappa shape index (κ1) is 14.8. The van der Waals surface area contributed by atoms with Crippen molar-refractivity contribution in [3.8, 4) is 0 Å². The standard InChI is InChI=1S/C16H30N2O2/c1-19-9-8-18-13-16(4-6-17-7-5-16)10-15(18)12-20-11-14-2-3-14/h14-15,17H,2-13H2,1H3. The molecule has 20 heavy (non-hydrogen) atoms. The Bertz CT molecular complexity index is 301. The van der Waals surface area contributed by atoms with Crippen LogP contribution in [0.2, 0.25) is 0 Å². The fourth-order valence-corrected chi connectivity index (χ4v) is 3.86. The number of methoxy groups -OCH3 is 1. The van der Waals surface area contributed by atoms with Gasteiger partial charge in [0, 0.05) is 32.8 Å². The van der Waals surface area contributed by atoms with Crippen molar-refractivity contribution in [3.63, 3.8) is 0 Å². The predicted molar refractivity (Wildman–Crippen MR) is 79.9 cm³/mol. The van der Waals surface area contributed by atoms with Crippen molar-refractivity contribution < 1.29 is 9.47 Å². The molecule has 3 rings (SSSR count). The Labute approximate surface area is 123 Å². The maximum atomic E-state index is 5.99. The minimum atomic E-state index is 0.548. The van der Waals surface area contributed by atoms with Crippen LogP contribution in [-0.2, 0) is 9.47 Å². The maximum Gasteiger partial charge on any atom is 0.0622 e. The molecule has 1 aliphatic carbocycles. The van der Waals surface area contributed by atoms with Crippen LogP contribution < -0.4 is 5.32 Å². The molecule has 3 aliphatic rings. The average Bonchev–Trinajstić information content (AvgIpc) is 3.22. The number of nitrogens with one attached hydrogen (secondary N) is 1. The molecular weight excluding hydrogens is 252 g/mol. The molecule has 0 aromatic rings. The summed E-state index contributed by atoms with van der Waals surface area (Å²) in [6, 6.07) is 0.613. The third kappa shape index (κ3) is 3.73. The summed E-state index contributed by atoms with van der Waals surface area (Å²) < 4.78 is 11.3. The molecule has 3 fully saturated rings. The van der Waals surface area contributed by atoms with Crippen LogP contribution in [-0.4, -0.2) is 64.1 Å². The Kier molecular flexibility index (Phi) is 4.97. The molecule has 4 nitrogen and oxygen atoms in total. The molecule has 2 saturated heterocycles. The van der Waals surface area contributed by atoms with E-state index in [1.807, 2.05) is 0 Å². The van der Waals surface area contributed by atoms with Gasteiger partial charge in [0.15, 0.2) is 0 Å². The van der Waals surface area contributed by atoms with Crippen molar-refractivity contribution in [1.29, 1.82) is 0 Å². The maximum absolute atomic E-state index is 5.99. The molecule has 2 aliphatic heterocycles. The number of hydrogen-bond acceptors (Lipinski definition) is 4. The van der Waals surface area contributed by atoms with Crippen molar-refractivity contribution in [2.75, 3.05) is 53.1 Å². The number of rotatable bonds is 7. The zero-order valence-corrected chi connectivity index (χ0v) is 12.9. The molecule has 1 N–H and O–H groups in total. The summed E-state index contributed by atoms with van der Waals surface area (Å²) in [5, 5.41) is 3.50. The van der Waals surface area contributed by atoms with Crippen LogP contribution in [0.5, 0.6) is 0 Å². The van der Waals surface area contributed by atoms with Gasteiger partial charge in [-0.25, -0.2) is 0 Å². The summed E-state index contributed by atoms with van der Waals surface area (Å²) in [5.74, 6) is 0.872. The SMILES string of the molecule is COCCN1CC2(CCNCC2)CC1COCC1CC1. The van der Waals surface area contributed by atoms with E-state index in [2.05, 4.69) is 10.2 Å². The molecule has 0 amide bonds. The summed E-state index contributed by atoms with van der Waals surface area (Å²) in [7, 11) is 1.80. The molecule has 1 unspecified atom stereocenters. The van der Waals surface area contributed by atoms with Gasteiger partial charge in [0.25, 0.3) is 0 Å². The first-order valence-electron chi connectivity index (χ1n) is 8.33. The summed E-state index contributed by atoms with van der Waals surface area (Å²) in [5.41, 5.74) is 0.548. The third-order valence-corrected chi connectivity index (χ3v) is 5.33. The Morgan fingerprint density at radius 3 is 2.70 bits per heavy atom. The van der Waals surface area contributed by atoms with Gasteiger partial charge in [-0.3, -0.25) is 4.90 Å². The lowest BCUT2D eigenvalue weighted by Gasteiger charge is -2.33. The fraction of sp³-hybridized carbons (Fsp3) is 1.00. The molecular formula is C16H30N2O2. The van der Waals surface area contributed by atoms with Gasteiger partial charge in [0.2, 0.25) is 0 Å². The summed E-state index contributed by atoms with van der Waals surface area (Å²) in [6.07, 6.45) is 6.75. The third-order valence-electron chi connectivity index (χ3n) is 5.33. The minimum absolute atomic E-state index is 0.548. The number of nitrogens with zero attached hydrogens (tertiary/aromatic N) is 1. The van der Waals surface area contributed by atoms with Gasteiger partial charge in [-0.05, 0) is 56.5 Å². The highest BCUT2D eigenvalue weighted by atomic mass is 16.5. The number of ether oxygens (including phenoxy) is 2. The highest BCUT2D eigenvalue weighted by Crippen LogP contribution is 2.42. The van der Waals surface area contributed by atoms with Crippen LogP contribution in [0.25, 0.3) is 0 Å². The lowest BCUT2D eigenvalue weighted by atomic mass is 9.77. The molecule has 0 radical (unpaired) electrons. The normalized spacial score (nSPS) is 30.1. The highest BCUT2D eigenvalue weighted by Gasteiger charge is 2.44. The van der Waals surface area contributed by atoms with E-state index in [1.165, 1.54) is 51.7 Å². The first-order chi connectivity index (χ1) is 9.81. The van der Waals surface area contributed by atoms with Crippen molar-refractivity contribution in [2.24, 2.45) is 11.3 Å². The van der Waals surface area contributed by atoms with Gasteiger partial charge < -0.3 is 14.8 Å². The Balaban J connectivity index is 1.52. The van der Waals surface area contributed by atoms with Crippen LogP contribution in [0.3, 0.4) is 0 Å². The predicted octanol–water partition coefficient (Wildman–Crippen LogP) is 1.50. The van der Waals surface area contributed by atoms with E-state index in [4.69, 9.17) is 9.47 Å². The van der Waals surface area contributed by atoms with E-state index in [1.54, 1.807) is 7.11 Å². The Morgan fingerprint density at radius 2 is 2.00 bits per heavy atom. The zero-order chi connectivity index (χ0) is 13.8. The van der Waals surface area contributed by atoms with E-state index >= 15 is 0 Å². The monoisotopic (exact) mass is 282 g/mol. The first-order valence-corrected chi connectivity index (χ1v) is 8.33. The van der Waals surface area contributed by atoms with Crippen LogP contribution in [0, 0.1) is 11.3 Å². The number of piperidine rings is 1. The van der Waals surface area contributed by atoms with E-state index in [-0.39, 0.29) is 0 Å². The van der Waals surface area contributed by atoms with Gasteiger partial charge >= 0.3 is 0 Å². The molecule has 116 valence electrons. The summed E-state index contributed by atoms with van der Waals surface area (Å²) in [6.45, 7) is 7.44. The fourth-order valence-electron chi connectivity index (χ4n) is 3.86. The topological polar surface area (TPSA) is 33.7 Å². The van der Waals surface area contributed by atoms with Crippen molar-refractivity contribution in [3.05, 3.63) is 0 Å². The molecule has 0 aromatic heterocycles. The van der Waals surface area contributed by atoms with Crippen LogP contribution in [0.4, 0.5) is 0 Å². The van der Waals surface area contributed by atoms with Gasteiger partial charge in [0.1, 0.15) is 0 Å². The highest BCUT2D eigenvalue weighted by molar-refractivity contribution is 4.98. The van der Waals surface area contributed by atoms with Gasteiger partial charge in [-0.2, -0.15) is 0 Å². The Hall–Kier alpha value is -0.160. The minimum Gasteiger partial charge on any atom is -0.383 e. The van der Waals surface area contributed by atoms with Crippen LogP contribution >= 0.6 is 0 Å². The zero-order valence-electron chi connectivity index (χ0n) is 12.9. The smallest absolute Gasteiger partial charge is 0.0622 e. The lowest BCUT2D eigenvalue weighted by molar-refractivity contribution is 0.0595. The van der Waals surface area contributed by atoms with Crippen LogP contribution in [0.1, 0.15) is 32.1 Å². The Morgan fingerprint density at radius 1 is 1.20 bits per heavy atom. The van der Waals surface area contributed by atoms with Crippen molar-refractivity contribution in [2.45, 2.75) is 38.1 Å². The summed E-state index contributed by atoms with van der Waals surface area (Å²) in [4.78, 5) is 2.63. The van der Waals surface area contributed by atoms with Crippen molar-refractivity contribution >= 4 is 0 Å². The molecule has 1 atom stereocenters. The van der Waals surface area contributed by atoms with Gasteiger partial charge in [-0.15, -0.1) is 0 Å². The average molecular weight is 282 g/mol. The summed E-state index contributed by atoms with van der Waals surface area (Å²) >= 11 is 0. The van der Waals surface area contributed by atoms with E-state index in [0.29, 0.717) is 11.5 Å². The number of likely N-dealkylation sites (tertiary alicyclic amines) is 1. The van der Waals surface area contributed by atoms with E-state index in [0.717, 1.165) is 32.3 Å². The second-order valence-corrected chi connectivity index (χ2v) is 7.05. The largest absolute Gasteiger partial charge is 0.383 e. The molecule has 2 heterocycles. The molecule has 0 aromatic carbocycles. The van der Waals surface area contributed by atoms with Gasteiger partial charge in [-0.1, -0.05) is 0 Å². The second-order valence-electron chi connectivity index (χ2n) is 7.05. The lowest BCUT2D eigenvalue weighted by Crippen LogP contribution is -2.39. The van der Waals surface area contributed by atoms with E-state index < -0.39 is 0 Å². The molecule has 1 saturated carbocycles. The molecule has 1 spiro atoms. The van der Waals surface area contributed by atoms with Crippen LogP contribution in [0.15, 0.2) is 0 Å². The molecule has 4 heteroatoms. The quantitative estimate of drug-likeness (QED) is 0.767. The second kappa shape index (κ2) is 6.73. The van der Waals surface area contributed by atoms with Gasteiger partial charge in [0.05, 0.1) is 13.2 Å². The van der Waals surface area contributed by atoms with Crippen molar-refractivity contribution in [1.82, 2.24) is 10.2 Å². The molecule has 0 bridgehead atoms. The number of hydrogen-bond donors (Lipinski definition) is 1. The van der Waals surface area contributed by atoms with E-state index in [9.17, 15) is 0 Å².